The van der Waals surface area contributed by atoms with Gasteiger partial charge in [0.15, 0.2) is 12.6 Å². The first-order valence-electron chi connectivity index (χ1n) is 17.2. The number of allylic oxidation sites excluding steroid dienone is 6. The van der Waals surface area contributed by atoms with E-state index in [0.717, 1.165) is 31.3 Å². The number of nitrogens with zero attached hydrogens (tertiary/aromatic N) is 1. The summed E-state index contributed by atoms with van der Waals surface area (Å²) in [5.41, 5.74) is 15.4. The van der Waals surface area contributed by atoms with Crippen LogP contribution < -0.4 is 16.8 Å². The van der Waals surface area contributed by atoms with Gasteiger partial charge in [-0.2, -0.15) is 0 Å². The Morgan fingerprint density at radius 3 is 2.30 bits per heavy atom. The van der Waals surface area contributed by atoms with Crippen molar-refractivity contribution in [3.63, 3.8) is 0 Å². The summed E-state index contributed by atoms with van der Waals surface area (Å²) in [5, 5.41) is 46.5. The molecule has 0 aromatic rings. The summed E-state index contributed by atoms with van der Waals surface area (Å²) in [6.45, 7) is 11.6. The van der Waals surface area contributed by atoms with Gasteiger partial charge in [-0.15, -0.1) is 0 Å². The van der Waals surface area contributed by atoms with Crippen molar-refractivity contribution in [2.45, 2.75) is 165 Å². The smallest absolute Gasteiger partial charge is 0.185 e. The largest absolute Gasteiger partial charge is 0.391 e. The summed E-state index contributed by atoms with van der Waals surface area (Å²) in [6.07, 6.45) is 6.00. The molecule has 47 heavy (non-hydrogen) atoms. The van der Waals surface area contributed by atoms with E-state index in [0.29, 0.717) is 19.3 Å². The lowest BCUT2D eigenvalue weighted by Gasteiger charge is -2.48. The summed E-state index contributed by atoms with van der Waals surface area (Å²) in [5.74, 6) is 0. The molecule has 0 spiro atoms. The monoisotopic (exact) mass is 666 g/mol. The Morgan fingerprint density at radius 1 is 0.979 bits per heavy atom. The van der Waals surface area contributed by atoms with Gasteiger partial charge in [0.05, 0.1) is 36.9 Å². The maximum Gasteiger partial charge on any atom is 0.185 e. The molecule has 13 unspecified atom stereocenters. The predicted octanol–water partition coefficient (Wildman–Crippen LogP) is 1.98. The highest BCUT2D eigenvalue weighted by molar-refractivity contribution is 5.72. The molecule has 3 fully saturated rings. The molecular formula is C35H62N4O8. The second kappa shape index (κ2) is 18.4. The summed E-state index contributed by atoms with van der Waals surface area (Å²) in [7, 11) is 1.64. The summed E-state index contributed by atoms with van der Waals surface area (Å²) < 4.78 is 24.2. The number of likely N-dealkylation sites (N-methyl/N-ethyl adjacent to an activating group) is 1. The van der Waals surface area contributed by atoms with Crippen molar-refractivity contribution < 1.29 is 39.4 Å². The Labute approximate surface area is 281 Å². The highest BCUT2D eigenvalue weighted by Crippen LogP contribution is 2.33. The topological polar surface area (TPSA) is 194 Å². The number of aliphatic hydroxyl groups is 4. The molecule has 2 heterocycles. The maximum atomic E-state index is 11.7. The van der Waals surface area contributed by atoms with E-state index in [-0.39, 0.29) is 6.61 Å². The molecule has 3 rings (SSSR count). The minimum absolute atomic E-state index is 0.0906. The van der Waals surface area contributed by atoms with Crippen LogP contribution in [0.15, 0.2) is 39.9 Å². The lowest BCUT2D eigenvalue weighted by atomic mass is 9.83. The molecule has 1 aliphatic carbocycles. The first-order valence-corrected chi connectivity index (χ1v) is 17.2. The minimum atomic E-state index is -1.33. The summed E-state index contributed by atoms with van der Waals surface area (Å²) >= 11 is 0. The van der Waals surface area contributed by atoms with Crippen molar-refractivity contribution in [1.29, 1.82) is 0 Å². The number of aliphatic imine (C=N–C) groups is 1. The third kappa shape index (κ3) is 11.5. The van der Waals surface area contributed by atoms with Gasteiger partial charge in [-0.05, 0) is 99.6 Å². The Morgan fingerprint density at radius 2 is 1.64 bits per heavy atom. The van der Waals surface area contributed by atoms with Gasteiger partial charge in [-0.3, -0.25) is 4.99 Å². The summed E-state index contributed by atoms with van der Waals surface area (Å²) in [4.78, 5) is 4.76. The van der Waals surface area contributed by atoms with Crippen molar-refractivity contribution in [1.82, 2.24) is 5.32 Å². The molecule has 2 aliphatic heterocycles. The van der Waals surface area contributed by atoms with Gasteiger partial charge >= 0.3 is 0 Å². The first kappa shape index (κ1) is 39.9. The Bertz CT molecular complexity index is 1090. The molecule has 0 amide bonds. The molecule has 2 saturated heterocycles. The van der Waals surface area contributed by atoms with Gasteiger partial charge in [0.25, 0.3) is 0 Å². The minimum Gasteiger partial charge on any atom is -0.391 e. The Kier molecular flexibility index (Phi) is 15.7. The fourth-order valence-corrected chi connectivity index (χ4v) is 6.51. The number of aliphatic hydroxyl groups excluding tert-OH is 3. The lowest BCUT2D eigenvalue weighted by molar-refractivity contribution is -0.308. The van der Waals surface area contributed by atoms with E-state index in [9.17, 15) is 20.4 Å². The van der Waals surface area contributed by atoms with E-state index in [1.54, 1.807) is 27.1 Å². The maximum absolute atomic E-state index is 11.7. The van der Waals surface area contributed by atoms with E-state index in [1.165, 1.54) is 11.1 Å². The molecule has 0 aromatic heterocycles. The molecular weight excluding hydrogens is 604 g/mol. The number of hydrogen-bond acceptors (Lipinski definition) is 12. The first-order chi connectivity index (χ1) is 22.1. The van der Waals surface area contributed by atoms with E-state index < -0.39 is 79.0 Å². The molecule has 0 aromatic carbocycles. The van der Waals surface area contributed by atoms with Crippen LogP contribution >= 0.6 is 0 Å². The van der Waals surface area contributed by atoms with Crippen LogP contribution in [0.4, 0.5) is 0 Å². The molecule has 12 nitrogen and oxygen atoms in total. The van der Waals surface area contributed by atoms with Crippen LogP contribution in [0.5, 0.6) is 0 Å². The molecule has 13 atom stereocenters. The van der Waals surface area contributed by atoms with E-state index in [2.05, 4.69) is 45.2 Å². The van der Waals surface area contributed by atoms with Crippen LogP contribution in [-0.4, -0.2) is 119 Å². The van der Waals surface area contributed by atoms with Crippen molar-refractivity contribution in [3.8, 4) is 0 Å². The average molecular weight is 667 g/mol. The van der Waals surface area contributed by atoms with E-state index >= 15 is 0 Å². The molecule has 270 valence electrons. The van der Waals surface area contributed by atoms with Gasteiger partial charge in [-0.1, -0.05) is 28.9 Å². The van der Waals surface area contributed by atoms with Gasteiger partial charge in [0.1, 0.15) is 30.0 Å². The van der Waals surface area contributed by atoms with Gasteiger partial charge < -0.3 is 56.2 Å². The number of nitrogens with two attached hydrogens (primary N) is 2. The zero-order valence-electron chi connectivity index (χ0n) is 29.4. The third-order valence-corrected chi connectivity index (χ3v) is 9.45. The molecule has 1 saturated carbocycles. The number of nitrogens with one attached hydrogen (secondary N) is 1. The molecule has 3 aliphatic rings. The van der Waals surface area contributed by atoms with Crippen molar-refractivity contribution in [2.75, 3.05) is 13.7 Å². The van der Waals surface area contributed by atoms with Gasteiger partial charge in [-0.25, -0.2) is 0 Å². The van der Waals surface area contributed by atoms with Crippen LogP contribution in [-0.2, 0) is 18.9 Å². The van der Waals surface area contributed by atoms with E-state index in [1.807, 2.05) is 6.08 Å². The predicted molar refractivity (Wildman–Crippen MR) is 183 cm³/mol. The standard InChI is InChI=1S/C35H62N4O8/c1-20(2)10-8-11-21(3)12-9-13-22(4)16-17-39-26-18-25(37)30(46-33-24(36)14-15-27(45-33)23(5)40)28(41)31(26)47-34-29(42)32(38-7)35(6,43)19-44-34/h10,12,16-17,23-34,38,40-43H,8-9,11,13-15,18-19,36-37H2,1-7H3/b21-12+,22-16+,39-17?. The normalized spacial score (nSPS) is 39.6. The van der Waals surface area contributed by atoms with Crippen molar-refractivity contribution in [3.05, 3.63) is 34.9 Å². The molecule has 0 radical (unpaired) electrons. The van der Waals surface area contributed by atoms with Crippen LogP contribution in [0.3, 0.4) is 0 Å². The lowest BCUT2D eigenvalue weighted by Crippen LogP contribution is -2.67. The Balaban J connectivity index is 1.75. The average Bonchev–Trinajstić information content (AvgIpc) is 2.98. The van der Waals surface area contributed by atoms with Crippen LogP contribution in [0, 0.1) is 0 Å². The third-order valence-electron chi connectivity index (χ3n) is 9.45. The molecule has 12 heteroatoms. The highest BCUT2D eigenvalue weighted by Gasteiger charge is 2.51. The number of rotatable bonds is 14. The van der Waals surface area contributed by atoms with Crippen LogP contribution in [0.2, 0.25) is 0 Å². The quantitative estimate of drug-likeness (QED) is 0.106. The van der Waals surface area contributed by atoms with E-state index in [4.69, 9.17) is 35.4 Å². The van der Waals surface area contributed by atoms with Crippen molar-refractivity contribution in [2.24, 2.45) is 16.5 Å². The number of hydrogen-bond donors (Lipinski definition) is 7. The zero-order chi connectivity index (χ0) is 34.9. The highest BCUT2D eigenvalue weighted by atomic mass is 16.7. The SMILES string of the molecule is CNC1C(O)C(OC2C(N=C/C=C(\C)CC/C=C(\C)CCC=C(C)C)CC(N)C(OC3OC(C(C)O)CCC3N)C2O)OCC1(C)O. The summed E-state index contributed by atoms with van der Waals surface area (Å²) in [6, 6.07) is -2.42. The molecule has 9 N–H and O–H groups in total. The van der Waals surface area contributed by atoms with Gasteiger partial charge in [0.2, 0.25) is 0 Å². The fourth-order valence-electron chi connectivity index (χ4n) is 6.51. The molecule has 0 bridgehead atoms. The van der Waals surface area contributed by atoms with Crippen LogP contribution in [0.25, 0.3) is 0 Å². The second-order valence-electron chi connectivity index (χ2n) is 14.2. The number of ether oxygens (including phenoxy) is 4. The fraction of sp³-hybridized carbons (Fsp3) is 0.800. The Hall–Kier alpha value is -1.55. The van der Waals surface area contributed by atoms with Gasteiger partial charge in [0, 0.05) is 12.3 Å². The second-order valence-corrected chi connectivity index (χ2v) is 14.2. The zero-order valence-corrected chi connectivity index (χ0v) is 29.4. The van der Waals surface area contributed by atoms with Crippen LogP contribution in [0.1, 0.15) is 86.5 Å². The van der Waals surface area contributed by atoms with Crippen molar-refractivity contribution >= 4 is 6.21 Å².